The fourth-order valence-electron chi connectivity index (χ4n) is 1.37. The molecule has 0 amide bonds. The number of aryl methyl sites for hydroxylation is 2. The van der Waals surface area contributed by atoms with E-state index < -0.39 is 0 Å². The van der Waals surface area contributed by atoms with E-state index in [2.05, 4.69) is 11.9 Å². The number of halogens is 1. The van der Waals surface area contributed by atoms with Crippen molar-refractivity contribution in [2.24, 2.45) is 0 Å². The third kappa shape index (κ3) is 3.15. The zero-order chi connectivity index (χ0) is 12.4. The van der Waals surface area contributed by atoms with E-state index in [0.717, 1.165) is 32.1 Å². The highest BCUT2D eigenvalue weighted by Gasteiger charge is 2.06. The van der Waals surface area contributed by atoms with E-state index in [1.807, 2.05) is 25.1 Å². The second-order valence-electron chi connectivity index (χ2n) is 3.73. The molecule has 5 heteroatoms. The Morgan fingerprint density at radius 1 is 1.41 bits per heavy atom. The topological polar surface area (TPSA) is 38.9 Å². The summed E-state index contributed by atoms with van der Waals surface area (Å²) in [5.74, 6) is 0.836. The van der Waals surface area contributed by atoms with E-state index in [-0.39, 0.29) is 0 Å². The summed E-state index contributed by atoms with van der Waals surface area (Å²) in [4.78, 5) is 6.79. The summed E-state index contributed by atoms with van der Waals surface area (Å²) in [6, 6.07) is 5.54. The summed E-state index contributed by atoms with van der Waals surface area (Å²) in [6.45, 7) is 4.13. The number of thiazole rings is 1. The third-order valence-electron chi connectivity index (χ3n) is 2.38. The Morgan fingerprint density at radius 3 is 2.82 bits per heavy atom. The molecule has 17 heavy (non-hydrogen) atoms. The average Bonchev–Trinajstić information content (AvgIpc) is 2.60. The zero-order valence-corrected chi connectivity index (χ0v) is 12.0. The Kier molecular flexibility index (Phi) is 3.97. The maximum Gasteiger partial charge on any atom is 0.103 e. The van der Waals surface area contributed by atoms with E-state index >= 15 is 0 Å². The van der Waals surface area contributed by atoms with Crippen LogP contribution in [0, 0.1) is 13.8 Å². The molecule has 2 rings (SSSR count). The molecule has 2 N–H and O–H groups in total. The minimum atomic E-state index is 0.739. The van der Waals surface area contributed by atoms with E-state index in [1.165, 1.54) is 4.88 Å². The number of rotatable bonds is 3. The number of nitrogens with two attached hydrogens (primary N) is 1. The van der Waals surface area contributed by atoms with Crippen LogP contribution in [-0.2, 0) is 5.75 Å². The third-order valence-corrected chi connectivity index (χ3v) is 5.14. The largest absolute Gasteiger partial charge is 0.399 e. The van der Waals surface area contributed by atoms with Crippen molar-refractivity contribution in [2.75, 3.05) is 5.73 Å². The van der Waals surface area contributed by atoms with Crippen LogP contribution in [0.4, 0.5) is 5.69 Å². The van der Waals surface area contributed by atoms with Crippen LogP contribution in [0.3, 0.4) is 0 Å². The SMILES string of the molecule is Cc1nc(CSc2cc(N)ccc2Cl)sc1C. The number of aromatic nitrogens is 1. The maximum atomic E-state index is 6.11. The Morgan fingerprint density at radius 2 is 2.18 bits per heavy atom. The smallest absolute Gasteiger partial charge is 0.103 e. The minimum absolute atomic E-state index is 0.739. The molecular weight excluding hydrogens is 272 g/mol. The minimum Gasteiger partial charge on any atom is -0.399 e. The first-order valence-corrected chi connectivity index (χ1v) is 7.35. The fraction of sp³-hybridized carbons (Fsp3) is 0.250. The molecule has 2 nitrogen and oxygen atoms in total. The zero-order valence-electron chi connectivity index (χ0n) is 9.66. The normalized spacial score (nSPS) is 10.8. The highest BCUT2D eigenvalue weighted by molar-refractivity contribution is 7.98. The molecule has 0 fully saturated rings. The summed E-state index contributed by atoms with van der Waals surface area (Å²) in [7, 11) is 0. The van der Waals surface area contributed by atoms with Crippen molar-refractivity contribution < 1.29 is 0 Å². The second kappa shape index (κ2) is 5.29. The van der Waals surface area contributed by atoms with E-state index in [9.17, 15) is 0 Å². The van der Waals surface area contributed by atoms with Crippen LogP contribution in [0.2, 0.25) is 5.02 Å². The van der Waals surface area contributed by atoms with Gasteiger partial charge in [0.05, 0.1) is 16.5 Å². The molecule has 0 unspecified atom stereocenters. The van der Waals surface area contributed by atoms with Crippen LogP contribution in [0.5, 0.6) is 0 Å². The number of benzene rings is 1. The molecule has 0 bridgehead atoms. The van der Waals surface area contributed by atoms with Gasteiger partial charge in [-0.25, -0.2) is 4.98 Å². The Bertz CT molecular complexity index is 518. The van der Waals surface area contributed by atoms with Crippen molar-refractivity contribution in [3.63, 3.8) is 0 Å². The Balaban J connectivity index is 2.09. The molecule has 1 aromatic heterocycles. The van der Waals surface area contributed by atoms with Gasteiger partial charge in [-0.1, -0.05) is 11.6 Å². The van der Waals surface area contributed by atoms with Crippen LogP contribution < -0.4 is 5.73 Å². The molecule has 0 atom stereocenters. The van der Waals surface area contributed by atoms with Crippen molar-refractivity contribution in [2.45, 2.75) is 24.5 Å². The van der Waals surface area contributed by atoms with Crippen molar-refractivity contribution in [1.29, 1.82) is 0 Å². The molecule has 1 heterocycles. The lowest BCUT2D eigenvalue weighted by Gasteiger charge is -2.03. The number of hydrogen-bond donors (Lipinski definition) is 1. The van der Waals surface area contributed by atoms with Crippen molar-refractivity contribution in [3.05, 3.63) is 38.8 Å². The van der Waals surface area contributed by atoms with Crippen LogP contribution in [0.15, 0.2) is 23.1 Å². The summed E-state index contributed by atoms with van der Waals surface area (Å²) in [5.41, 5.74) is 7.59. The molecule has 0 aliphatic carbocycles. The van der Waals surface area contributed by atoms with Gasteiger partial charge >= 0.3 is 0 Å². The number of thioether (sulfide) groups is 1. The molecule has 0 saturated carbocycles. The predicted octanol–water partition coefficient (Wildman–Crippen LogP) is 4.29. The van der Waals surface area contributed by atoms with Gasteiger partial charge in [-0.05, 0) is 32.0 Å². The number of nitrogens with zero attached hydrogens (tertiary/aromatic N) is 1. The highest BCUT2D eigenvalue weighted by Crippen LogP contribution is 2.32. The summed E-state index contributed by atoms with van der Waals surface area (Å²) in [6.07, 6.45) is 0. The van der Waals surface area contributed by atoms with Gasteiger partial charge in [-0.3, -0.25) is 0 Å². The first-order chi connectivity index (χ1) is 8.06. The standard InChI is InChI=1S/C12H13ClN2S2/c1-7-8(2)17-12(15-7)6-16-11-5-9(14)3-4-10(11)13/h3-5H,6,14H2,1-2H3. The molecule has 0 spiro atoms. The van der Waals surface area contributed by atoms with E-state index in [0.29, 0.717) is 0 Å². The van der Waals surface area contributed by atoms with Crippen molar-refractivity contribution in [1.82, 2.24) is 4.98 Å². The van der Waals surface area contributed by atoms with Crippen LogP contribution >= 0.6 is 34.7 Å². The Labute approximate surface area is 114 Å². The van der Waals surface area contributed by atoms with Gasteiger partial charge in [0.25, 0.3) is 0 Å². The van der Waals surface area contributed by atoms with Crippen molar-refractivity contribution in [3.8, 4) is 0 Å². The maximum absolute atomic E-state index is 6.11. The van der Waals surface area contributed by atoms with Gasteiger partial charge in [0, 0.05) is 15.5 Å². The molecule has 90 valence electrons. The van der Waals surface area contributed by atoms with Crippen LogP contribution in [0.1, 0.15) is 15.6 Å². The highest BCUT2D eigenvalue weighted by atomic mass is 35.5. The lowest BCUT2D eigenvalue weighted by Crippen LogP contribution is -1.86. The van der Waals surface area contributed by atoms with E-state index in [1.54, 1.807) is 23.1 Å². The van der Waals surface area contributed by atoms with Crippen LogP contribution in [0.25, 0.3) is 0 Å². The quantitative estimate of drug-likeness (QED) is 0.675. The first-order valence-electron chi connectivity index (χ1n) is 5.17. The van der Waals surface area contributed by atoms with Crippen molar-refractivity contribution >= 4 is 40.4 Å². The van der Waals surface area contributed by atoms with Gasteiger partial charge in [-0.2, -0.15) is 0 Å². The van der Waals surface area contributed by atoms with E-state index in [4.69, 9.17) is 17.3 Å². The summed E-state index contributed by atoms with van der Waals surface area (Å²) < 4.78 is 0. The Hall–Kier alpha value is -0.710. The molecule has 0 radical (unpaired) electrons. The van der Waals surface area contributed by atoms with Gasteiger partial charge in [0.1, 0.15) is 5.01 Å². The number of hydrogen-bond acceptors (Lipinski definition) is 4. The molecule has 0 aliphatic heterocycles. The van der Waals surface area contributed by atoms with Gasteiger partial charge in [-0.15, -0.1) is 23.1 Å². The fourth-order valence-corrected chi connectivity index (χ4v) is 3.56. The first kappa shape index (κ1) is 12.7. The van der Waals surface area contributed by atoms with Gasteiger partial charge < -0.3 is 5.73 Å². The molecule has 0 aliphatic rings. The molecular formula is C12H13ClN2S2. The summed E-state index contributed by atoms with van der Waals surface area (Å²) >= 11 is 9.52. The number of nitrogen functional groups attached to an aromatic ring is 1. The lowest BCUT2D eigenvalue weighted by molar-refractivity contribution is 1.16. The molecule has 0 saturated heterocycles. The monoisotopic (exact) mass is 284 g/mol. The second-order valence-corrected chi connectivity index (χ2v) is 6.44. The van der Waals surface area contributed by atoms with Crippen LogP contribution in [-0.4, -0.2) is 4.98 Å². The predicted molar refractivity (Wildman–Crippen MR) is 77.0 cm³/mol. The molecule has 2 aromatic rings. The number of anilines is 1. The molecule has 1 aromatic carbocycles. The average molecular weight is 285 g/mol. The lowest BCUT2D eigenvalue weighted by atomic mass is 10.3. The summed E-state index contributed by atoms with van der Waals surface area (Å²) in [5, 5.41) is 1.87. The van der Waals surface area contributed by atoms with Gasteiger partial charge in [0.15, 0.2) is 0 Å². The van der Waals surface area contributed by atoms with Gasteiger partial charge in [0.2, 0.25) is 0 Å².